The van der Waals surface area contributed by atoms with E-state index in [0.717, 1.165) is 69.5 Å². The quantitative estimate of drug-likeness (QED) is 0.540. The fourth-order valence-electron chi connectivity index (χ4n) is 5.22. The number of hydrogen-bond acceptors (Lipinski definition) is 6. The van der Waals surface area contributed by atoms with E-state index in [9.17, 15) is 9.18 Å². The molecule has 184 valence electrons. The van der Waals surface area contributed by atoms with Crippen molar-refractivity contribution in [3.8, 4) is 5.75 Å². The van der Waals surface area contributed by atoms with E-state index < -0.39 is 0 Å². The number of rotatable bonds is 9. The largest absolute Gasteiger partial charge is 0.493 e. The van der Waals surface area contributed by atoms with Crippen LogP contribution in [0.2, 0.25) is 0 Å². The molecule has 3 aliphatic rings. The molecule has 0 bridgehead atoms. The number of aromatic nitrogens is 2. The van der Waals surface area contributed by atoms with Crippen molar-refractivity contribution in [3.05, 3.63) is 35.4 Å². The van der Waals surface area contributed by atoms with E-state index in [0.29, 0.717) is 29.9 Å². The van der Waals surface area contributed by atoms with Crippen LogP contribution < -0.4 is 9.64 Å². The van der Waals surface area contributed by atoms with Crippen molar-refractivity contribution < 1.29 is 18.4 Å². The molecular formula is C26H35FN4O3. The van der Waals surface area contributed by atoms with Crippen LogP contribution in [0.3, 0.4) is 0 Å². The number of amides is 1. The molecule has 3 heterocycles. The molecule has 0 N–H and O–H groups in total. The summed E-state index contributed by atoms with van der Waals surface area (Å²) >= 11 is 0. The highest BCUT2D eigenvalue weighted by Crippen LogP contribution is 2.50. The van der Waals surface area contributed by atoms with Crippen molar-refractivity contribution >= 4 is 11.9 Å². The van der Waals surface area contributed by atoms with Crippen LogP contribution in [-0.2, 0) is 11.2 Å². The van der Waals surface area contributed by atoms with Crippen LogP contribution in [0.4, 0.5) is 10.4 Å². The first kappa shape index (κ1) is 23.1. The highest BCUT2D eigenvalue weighted by Gasteiger charge is 2.43. The summed E-state index contributed by atoms with van der Waals surface area (Å²) in [6, 6.07) is 5.54. The van der Waals surface area contributed by atoms with Gasteiger partial charge in [0.1, 0.15) is 11.6 Å². The first-order valence-corrected chi connectivity index (χ1v) is 12.8. The standard InChI is InChI=1S/C26H35FN4O3/c1-17(2)25-28-26(34-29-25)31-11-6-18(7-12-31)22-14-19(22)8-13-33-21-5-4-20(23(27)16-21)15-24(32)30-9-3-10-30/h4-5,16-19,22H,3,6-15H2,1-2H3/t19-,22+/m1/s1. The number of likely N-dealkylation sites (tertiary alicyclic amines) is 1. The lowest BCUT2D eigenvalue weighted by atomic mass is 9.90. The van der Waals surface area contributed by atoms with E-state index in [4.69, 9.17) is 9.26 Å². The second-order valence-corrected chi connectivity index (χ2v) is 10.4. The molecule has 2 atom stereocenters. The third kappa shape index (κ3) is 5.20. The molecule has 1 aliphatic carbocycles. The van der Waals surface area contributed by atoms with Gasteiger partial charge in [-0.25, -0.2) is 4.39 Å². The third-order valence-corrected chi connectivity index (χ3v) is 7.67. The minimum absolute atomic E-state index is 0.00169. The van der Waals surface area contributed by atoms with Crippen LogP contribution in [0.5, 0.6) is 5.75 Å². The van der Waals surface area contributed by atoms with Crippen LogP contribution in [0.25, 0.3) is 0 Å². The van der Waals surface area contributed by atoms with Gasteiger partial charge in [0.15, 0.2) is 5.82 Å². The van der Waals surface area contributed by atoms with E-state index in [-0.39, 0.29) is 24.1 Å². The van der Waals surface area contributed by atoms with Gasteiger partial charge in [-0.1, -0.05) is 25.1 Å². The van der Waals surface area contributed by atoms with E-state index in [1.807, 2.05) is 0 Å². The van der Waals surface area contributed by atoms with E-state index in [2.05, 4.69) is 28.9 Å². The molecule has 3 fully saturated rings. The van der Waals surface area contributed by atoms with Gasteiger partial charge in [-0.2, -0.15) is 4.98 Å². The van der Waals surface area contributed by atoms with Crippen LogP contribution in [0, 0.1) is 23.6 Å². The Bertz CT molecular complexity index is 998. The van der Waals surface area contributed by atoms with Gasteiger partial charge in [0.25, 0.3) is 0 Å². The Kier molecular flexibility index (Phi) is 6.75. The Morgan fingerprint density at radius 2 is 2.03 bits per heavy atom. The zero-order valence-corrected chi connectivity index (χ0v) is 20.2. The normalized spacial score (nSPS) is 22.7. The van der Waals surface area contributed by atoms with Crippen molar-refractivity contribution in [2.24, 2.45) is 17.8 Å². The van der Waals surface area contributed by atoms with Gasteiger partial charge in [0, 0.05) is 38.2 Å². The van der Waals surface area contributed by atoms with Gasteiger partial charge in [0.05, 0.1) is 13.0 Å². The molecule has 1 amide bonds. The smallest absolute Gasteiger partial charge is 0.324 e. The lowest BCUT2D eigenvalue weighted by Crippen LogP contribution is -2.42. The summed E-state index contributed by atoms with van der Waals surface area (Å²) in [5.41, 5.74) is 0.443. The van der Waals surface area contributed by atoms with Crippen molar-refractivity contribution in [3.63, 3.8) is 0 Å². The molecule has 7 nitrogen and oxygen atoms in total. The Balaban J connectivity index is 1.02. The number of piperidine rings is 1. The maximum absolute atomic E-state index is 14.4. The Morgan fingerprint density at radius 3 is 2.68 bits per heavy atom. The van der Waals surface area contributed by atoms with Crippen LogP contribution in [-0.4, -0.2) is 53.7 Å². The highest BCUT2D eigenvalue weighted by molar-refractivity contribution is 5.79. The number of hydrogen-bond donors (Lipinski definition) is 0. The predicted octanol–water partition coefficient (Wildman–Crippen LogP) is 4.43. The van der Waals surface area contributed by atoms with Crippen molar-refractivity contribution in [2.75, 3.05) is 37.7 Å². The van der Waals surface area contributed by atoms with Gasteiger partial charge in [-0.15, -0.1) is 0 Å². The number of nitrogens with zero attached hydrogens (tertiary/aromatic N) is 4. The molecular weight excluding hydrogens is 435 g/mol. The summed E-state index contributed by atoms with van der Waals surface area (Å²) in [5, 5.41) is 4.08. The summed E-state index contributed by atoms with van der Waals surface area (Å²) in [6.45, 7) is 8.26. The van der Waals surface area contributed by atoms with Crippen molar-refractivity contribution in [1.29, 1.82) is 0 Å². The second-order valence-electron chi connectivity index (χ2n) is 10.4. The molecule has 2 saturated heterocycles. The summed E-state index contributed by atoms with van der Waals surface area (Å²) in [7, 11) is 0. The minimum atomic E-state index is -0.357. The van der Waals surface area contributed by atoms with Gasteiger partial charge in [0.2, 0.25) is 5.91 Å². The number of carbonyl (C=O) groups excluding carboxylic acids is 1. The monoisotopic (exact) mass is 470 g/mol. The fourth-order valence-corrected chi connectivity index (χ4v) is 5.22. The van der Waals surface area contributed by atoms with Crippen LogP contribution in [0.15, 0.2) is 22.7 Å². The average molecular weight is 471 g/mol. The lowest BCUT2D eigenvalue weighted by molar-refractivity contribution is -0.133. The molecule has 2 aromatic rings. The maximum Gasteiger partial charge on any atom is 0.324 e. The van der Waals surface area contributed by atoms with Crippen LogP contribution >= 0.6 is 0 Å². The first-order valence-electron chi connectivity index (χ1n) is 12.8. The lowest BCUT2D eigenvalue weighted by Gasteiger charge is -2.31. The Morgan fingerprint density at radius 1 is 1.24 bits per heavy atom. The molecule has 0 unspecified atom stereocenters. The summed E-state index contributed by atoms with van der Waals surface area (Å²) in [6.07, 6.45) is 5.75. The molecule has 1 aromatic heterocycles. The molecule has 5 rings (SSSR count). The molecule has 8 heteroatoms. The summed E-state index contributed by atoms with van der Waals surface area (Å²) in [5.74, 6) is 3.45. The number of halogens is 1. The summed E-state index contributed by atoms with van der Waals surface area (Å²) in [4.78, 5) is 20.6. The first-order chi connectivity index (χ1) is 16.5. The molecule has 0 spiro atoms. The summed E-state index contributed by atoms with van der Waals surface area (Å²) < 4.78 is 25.7. The molecule has 34 heavy (non-hydrogen) atoms. The fraction of sp³-hybridized carbons (Fsp3) is 0.654. The van der Waals surface area contributed by atoms with Crippen LogP contribution in [0.1, 0.15) is 63.3 Å². The number of carbonyl (C=O) groups is 1. The van der Waals surface area contributed by atoms with Crippen molar-refractivity contribution in [2.45, 2.75) is 58.3 Å². The van der Waals surface area contributed by atoms with Gasteiger partial charge >= 0.3 is 6.01 Å². The topological polar surface area (TPSA) is 71.7 Å². The average Bonchev–Trinajstić information content (AvgIpc) is 3.37. The minimum Gasteiger partial charge on any atom is -0.493 e. The second kappa shape index (κ2) is 9.92. The number of anilines is 1. The molecule has 1 saturated carbocycles. The number of ether oxygens (including phenoxy) is 1. The maximum atomic E-state index is 14.4. The van der Waals surface area contributed by atoms with Crippen molar-refractivity contribution in [1.82, 2.24) is 15.0 Å². The highest BCUT2D eigenvalue weighted by atomic mass is 19.1. The Hall–Kier alpha value is -2.64. The Labute approximate surface area is 200 Å². The zero-order chi connectivity index (χ0) is 23.7. The van der Waals surface area contributed by atoms with E-state index in [1.54, 1.807) is 17.0 Å². The van der Waals surface area contributed by atoms with E-state index in [1.165, 1.54) is 12.5 Å². The van der Waals surface area contributed by atoms with Gasteiger partial charge < -0.3 is 19.1 Å². The van der Waals surface area contributed by atoms with Gasteiger partial charge in [-0.3, -0.25) is 4.79 Å². The zero-order valence-electron chi connectivity index (χ0n) is 20.2. The molecule has 2 aliphatic heterocycles. The molecule has 1 aromatic carbocycles. The number of benzene rings is 1. The molecule has 0 radical (unpaired) electrons. The SMILES string of the molecule is CC(C)c1noc(N2CCC([C@@H]3C[C@H]3CCOc3ccc(CC(=O)N4CCC4)c(F)c3)CC2)n1. The van der Waals surface area contributed by atoms with Gasteiger partial charge in [-0.05, 0) is 61.5 Å². The third-order valence-electron chi connectivity index (χ3n) is 7.67. The predicted molar refractivity (Wildman–Crippen MR) is 126 cm³/mol. The van der Waals surface area contributed by atoms with E-state index >= 15 is 0 Å².